The van der Waals surface area contributed by atoms with E-state index in [9.17, 15) is 23.9 Å². The highest BCUT2D eigenvalue weighted by Gasteiger charge is 2.53. The van der Waals surface area contributed by atoms with Crippen LogP contribution in [-0.4, -0.2) is 59.1 Å². The van der Waals surface area contributed by atoms with Gasteiger partial charge in [-0.3, -0.25) is 14.1 Å². The van der Waals surface area contributed by atoms with Gasteiger partial charge in [0.15, 0.2) is 11.6 Å². The molecule has 0 amide bonds. The van der Waals surface area contributed by atoms with Gasteiger partial charge in [-0.05, 0) is 51.4 Å². The van der Waals surface area contributed by atoms with Crippen LogP contribution < -0.4 is 0 Å². The molecule has 1 atom stereocenters. The van der Waals surface area contributed by atoms with Crippen LogP contribution in [0.25, 0.3) is 0 Å². The molecule has 0 saturated heterocycles. The van der Waals surface area contributed by atoms with Crippen LogP contribution in [0.2, 0.25) is 0 Å². The predicted molar refractivity (Wildman–Crippen MR) is 207 cm³/mol. The van der Waals surface area contributed by atoms with Crippen LogP contribution in [0.3, 0.4) is 0 Å². The second-order valence-corrected chi connectivity index (χ2v) is 15.8. The van der Waals surface area contributed by atoms with Crippen LogP contribution in [0.4, 0.5) is 0 Å². The Labute approximate surface area is 301 Å². The molecule has 0 aromatic carbocycles. The zero-order valence-corrected chi connectivity index (χ0v) is 33.1. The Bertz CT molecular complexity index is 1010. The van der Waals surface area contributed by atoms with Crippen molar-refractivity contribution in [1.82, 2.24) is 0 Å². The minimum Gasteiger partial charge on any atom is -0.328 e. The molecule has 0 aromatic heterocycles. The van der Waals surface area contributed by atoms with Gasteiger partial charge in [0.25, 0.3) is 0 Å². The SMILES string of the molecule is CCCCCC=CCC=CCC=CCC=CCCCC(=O)C(C[N+](C)(C)C)(OP(=O)(O)O)C(=O)CCCCCCCCCCCCCCC. The van der Waals surface area contributed by atoms with Gasteiger partial charge in [-0.1, -0.05) is 152 Å². The molecule has 0 rings (SSSR count). The van der Waals surface area contributed by atoms with Crippen molar-refractivity contribution in [3.8, 4) is 0 Å². The fourth-order valence-corrected chi connectivity index (χ4v) is 6.65. The first-order valence-corrected chi connectivity index (χ1v) is 21.1. The van der Waals surface area contributed by atoms with E-state index in [0.717, 1.165) is 44.9 Å². The zero-order valence-electron chi connectivity index (χ0n) is 32.2. The van der Waals surface area contributed by atoms with Gasteiger partial charge >= 0.3 is 7.82 Å². The Kier molecular flexibility index (Phi) is 29.0. The predicted octanol–water partition coefficient (Wildman–Crippen LogP) is 11.3. The third-order valence-corrected chi connectivity index (χ3v) is 9.16. The summed E-state index contributed by atoms with van der Waals surface area (Å²) in [6, 6.07) is 0. The van der Waals surface area contributed by atoms with Gasteiger partial charge in [0.2, 0.25) is 5.60 Å². The van der Waals surface area contributed by atoms with Crippen molar-refractivity contribution in [3.05, 3.63) is 48.6 Å². The molecule has 1 unspecified atom stereocenters. The summed E-state index contributed by atoms with van der Waals surface area (Å²) >= 11 is 0. The molecule has 0 bridgehead atoms. The number of hydrogen-bond donors (Lipinski definition) is 2. The van der Waals surface area contributed by atoms with Gasteiger partial charge in [-0.25, -0.2) is 4.57 Å². The fourth-order valence-electron chi connectivity index (χ4n) is 5.98. The number of allylic oxidation sites excluding steroid dienone is 8. The monoisotopic (exact) mass is 709 g/mol. The van der Waals surface area contributed by atoms with Gasteiger partial charge in [-0.15, -0.1) is 0 Å². The quantitative estimate of drug-likeness (QED) is 0.0227. The lowest BCUT2D eigenvalue weighted by Crippen LogP contribution is -2.59. The van der Waals surface area contributed by atoms with E-state index >= 15 is 0 Å². The summed E-state index contributed by atoms with van der Waals surface area (Å²) in [6.07, 6.45) is 41.2. The molecule has 49 heavy (non-hydrogen) atoms. The van der Waals surface area contributed by atoms with Crippen molar-refractivity contribution in [2.45, 2.75) is 174 Å². The summed E-state index contributed by atoms with van der Waals surface area (Å²) in [4.78, 5) is 46.8. The van der Waals surface area contributed by atoms with Crippen molar-refractivity contribution in [3.63, 3.8) is 0 Å². The number of Topliss-reactive ketones (excluding diaryl/α,β-unsaturated/α-hetero) is 2. The van der Waals surface area contributed by atoms with Gasteiger partial charge in [0.1, 0.15) is 6.54 Å². The average molecular weight is 709 g/mol. The second-order valence-electron chi connectivity index (χ2n) is 14.7. The lowest BCUT2D eigenvalue weighted by molar-refractivity contribution is -0.874. The number of likely N-dealkylation sites (N-methyl/N-ethyl adjacent to an activating group) is 1. The van der Waals surface area contributed by atoms with E-state index in [1.807, 2.05) is 6.08 Å². The maximum Gasteiger partial charge on any atom is 0.471 e. The molecule has 2 N–H and O–H groups in total. The molecule has 0 heterocycles. The summed E-state index contributed by atoms with van der Waals surface area (Å²) in [6.45, 7) is 4.33. The first kappa shape index (κ1) is 47.4. The van der Waals surface area contributed by atoms with Crippen molar-refractivity contribution >= 4 is 19.4 Å². The van der Waals surface area contributed by atoms with Crippen molar-refractivity contribution < 1.29 is 32.9 Å². The molecule has 0 aliphatic rings. The fraction of sp³-hybridized carbons (Fsp3) is 0.756. The Morgan fingerprint density at radius 2 is 0.898 bits per heavy atom. The molecule has 0 spiro atoms. The number of ketones is 2. The molecular formula is C41H75NO6P+. The summed E-state index contributed by atoms with van der Waals surface area (Å²) in [5, 5.41) is 0. The molecule has 8 heteroatoms. The largest absolute Gasteiger partial charge is 0.471 e. The van der Waals surface area contributed by atoms with E-state index in [-0.39, 0.29) is 23.9 Å². The standard InChI is InChI=1S/C41H74NO6P/c1-6-8-10-12-14-16-18-20-21-22-23-25-27-29-31-33-35-37-40(44)41(38-42(3,4)5,48-49(45,46)47)39(43)36-34-32-30-28-26-24-19-17-15-13-11-9-7-2/h14,16,20-21,23,25,29,31H,6-13,15,17-19,22,24,26-28,30,32-38H2,1-5H3,(H-,45,46,47)/p+1. The summed E-state index contributed by atoms with van der Waals surface area (Å²) in [7, 11) is 0.270. The zero-order chi connectivity index (χ0) is 36.7. The Hall–Kier alpha value is -1.63. The number of phosphoric acid groups is 1. The van der Waals surface area contributed by atoms with Crippen LogP contribution in [0, 0.1) is 0 Å². The Morgan fingerprint density at radius 1 is 0.551 bits per heavy atom. The average Bonchev–Trinajstić information content (AvgIpc) is 3.02. The van der Waals surface area contributed by atoms with Crippen molar-refractivity contribution in [1.29, 1.82) is 0 Å². The summed E-state index contributed by atoms with van der Waals surface area (Å²) < 4.78 is 17.4. The molecule has 0 saturated carbocycles. The lowest BCUT2D eigenvalue weighted by atomic mass is 9.86. The number of unbranched alkanes of at least 4 members (excludes halogenated alkanes) is 16. The van der Waals surface area contributed by atoms with Crippen LogP contribution >= 0.6 is 7.82 Å². The smallest absolute Gasteiger partial charge is 0.328 e. The molecule has 7 nitrogen and oxygen atoms in total. The van der Waals surface area contributed by atoms with Crippen LogP contribution in [0.1, 0.15) is 168 Å². The number of nitrogens with zero attached hydrogens (tertiary/aromatic N) is 1. The third kappa shape index (κ3) is 28.7. The molecular weight excluding hydrogens is 633 g/mol. The Balaban J connectivity index is 4.76. The first-order chi connectivity index (χ1) is 23.4. The van der Waals surface area contributed by atoms with Crippen LogP contribution in [-0.2, 0) is 18.7 Å². The Morgan fingerprint density at radius 3 is 1.31 bits per heavy atom. The van der Waals surface area contributed by atoms with E-state index in [1.165, 1.54) is 77.0 Å². The molecule has 0 aromatic rings. The number of hydrogen-bond acceptors (Lipinski definition) is 4. The first-order valence-electron chi connectivity index (χ1n) is 19.6. The highest BCUT2D eigenvalue weighted by molar-refractivity contribution is 7.46. The van der Waals surface area contributed by atoms with Crippen molar-refractivity contribution in [2.75, 3.05) is 27.7 Å². The number of quaternary nitrogens is 1. The maximum atomic E-state index is 13.6. The third-order valence-electron chi connectivity index (χ3n) is 8.61. The second kappa shape index (κ2) is 30.0. The molecule has 0 aliphatic carbocycles. The van der Waals surface area contributed by atoms with Crippen molar-refractivity contribution in [2.24, 2.45) is 0 Å². The topological polar surface area (TPSA) is 101 Å². The lowest BCUT2D eigenvalue weighted by Gasteiger charge is -2.37. The summed E-state index contributed by atoms with van der Waals surface area (Å²) in [5.41, 5.74) is -2.15. The maximum absolute atomic E-state index is 13.6. The summed E-state index contributed by atoms with van der Waals surface area (Å²) in [5.74, 6) is -1.06. The normalized spacial score (nSPS) is 14.2. The molecule has 0 fully saturated rings. The highest BCUT2D eigenvalue weighted by atomic mass is 31.2. The molecule has 284 valence electrons. The van der Waals surface area contributed by atoms with Gasteiger partial charge in [0.05, 0.1) is 21.1 Å². The minimum atomic E-state index is -5.11. The highest BCUT2D eigenvalue weighted by Crippen LogP contribution is 2.44. The molecule has 0 aliphatic heterocycles. The van der Waals surface area contributed by atoms with E-state index in [4.69, 9.17) is 4.52 Å². The number of phosphoric ester groups is 1. The van der Waals surface area contributed by atoms with E-state index < -0.39 is 25.0 Å². The number of carbonyl (C=O) groups excluding carboxylic acids is 2. The molecule has 0 radical (unpaired) electrons. The van der Waals surface area contributed by atoms with Gasteiger partial charge in [-0.2, -0.15) is 0 Å². The van der Waals surface area contributed by atoms with E-state index in [0.29, 0.717) is 19.3 Å². The van der Waals surface area contributed by atoms with Gasteiger partial charge < -0.3 is 14.3 Å². The van der Waals surface area contributed by atoms with Crippen LogP contribution in [0.15, 0.2) is 48.6 Å². The van der Waals surface area contributed by atoms with Gasteiger partial charge in [0, 0.05) is 12.8 Å². The van der Waals surface area contributed by atoms with E-state index in [2.05, 4.69) is 56.4 Å². The minimum absolute atomic E-state index is 0.0162. The number of carbonyl (C=O) groups is 2. The van der Waals surface area contributed by atoms with E-state index in [1.54, 1.807) is 21.1 Å². The number of rotatable bonds is 34. The van der Waals surface area contributed by atoms with Crippen LogP contribution in [0.5, 0.6) is 0 Å².